The molecule has 0 bridgehead atoms. The van der Waals surface area contributed by atoms with Crippen LogP contribution in [-0.4, -0.2) is 41.6 Å². The van der Waals surface area contributed by atoms with Gasteiger partial charge in [-0.25, -0.2) is 0 Å². The van der Waals surface area contributed by atoms with Gasteiger partial charge in [0, 0.05) is 13.1 Å². The molecule has 1 heterocycles. The minimum atomic E-state index is -0.825. The second-order valence-electron chi connectivity index (χ2n) is 6.09. The van der Waals surface area contributed by atoms with E-state index in [9.17, 15) is 9.59 Å². The van der Waals surface area contributed by atoms with Gasteiger partial charge < -0.3 is 14.7 Å². The van der Waals surface area contributed by atoms with Gasteiger partial charge in [0.2, 0.25) is 5.91 Å². The number of carboxylic acids is 1. The summed E-state index contributed by atoms with van der Waals surface area (Å²) in [5.74, 6) is -0.530. The number of rotatable bonds is 5. The third kappa shape index (κ3) is 3.78. The number of carboxylic acid groups (broad SMARTS) is 1. The Morgan fingerprint density at radius 2 is 2.05 bits per heavy atom. The molecule has 5 nitrogen and oxygen atoms in total. The first-order valence-electron chi connectivity index (χ1n) is 7.59. The standard InChI is InChI=1S/C17H23NO4/c1-11-4-5-15(12(2)8-11)22-7-6-16(19)18-9-13(3)14(10-18)17(20)21/h4-5,8,13-14H,6-7,9-10H2,1-3H3,(H,20,21)/t13-,14-/m1/s1. The number of hydrogen-bond donors (Lipinski definition) is 1. The Balaban J connectivity index is 1.82. The van der Waals surface area contributed by atoms with E-state index >= 15 is 0 Å². The highest BCUT2D eigenvalue weighted by atomic mass is 16.5. The van der Waals surface area contributed by atoms with Crippen molar-refractivity contribution in [1.82, 2.24) is 4.90 Å². The van der Waals surface area contributed by atoms with Crippen molar-refractivity contribution in [2.45, 2.75) is 27.2 Å². The van der Waals surface area contributed by atoms with Gasteiger partial charge in [0.15, 0.2) is 0 Å². The van der Waals surface area contributed by atoms with Crippen molar-refractivity contribution >= 4 is 11.9 Å². The van der Waals surface area contributed by atoms with Crippen molar-refractivity contribution in [2.75, 3.05) is 19.7 Å². The first-order valence-corrected chi connectivity index (χ1v) is 7.59. The monoisotopic (exact) mass is 305 g/mol. The minimum absolute atomic E-state index is 0.00158. The topological polar surface area (TPSA) is 66.8 Å². The van der Waals surface area contributed by atoms with Crippen molar-refractivity contribution < 1.29 is 19.4 Å². The predicted octanol–water partition coefficient (Wildman–Crippen LogP) is 2.25. The Hall–Kier alpha value is -2.04. The van der Waals surface area contributed by atoms with E-state index in [1.54, 1.807) is 4.90 Å². The highest BCUT2D eigenvalue weighted by molar-refractivity contribution is 5.79. The van der Waals surface area contributed by atoms with E-state index in [2.05, 4.69) is 0 Å². The fourth-order valence-corrected chi connectivity index (χ4v) is 2.86. The summed E-state index contributed by atoms with van der Waals surface area (Å²) in [6, 6.07) is 5.92. The average molecular weight is 305 g/mol. The van der Waals surface area contributed by atoms with Gasteiger partial charge in [0.1, 0.15) is 5.75 Å². The molecular formula is C17H23NO4. The number of hydrogen-bond acceptors (Lipinski definition) is 3. The summed E-state index contributed by atoms with van der Waals surface area (Å²) in [5.41, 5.74) is 2.22. The van der Waals surface area contributed by atoms with Crippen molar-refractivity contribution in [3.8, 4) is 5.75 Å². The zero-order valence-corrected chi connectivity index (χ0v) is 13.3. The maximum Gasteiger partial charge on any atom is 0.308 e. The minimum Gasteiger partial charge on any atom is -0.493 e. The van der Waals surface area contributed by atoms with Crippen LogP contribution in [0.3, 0.4) is 0 Å². The average Bonchev–Trinajstić information content (AvgIpc) is 2.83. The molecule has 2 rings (SSSR count). The van der Waals surface area contributed by atoms with Crippen molar-refractivity contribution in [3.05, 3.63) is 29.3 Å². The van der Waals surface area contributed by atoms with Crippen LogP contribution < -0.4 is 4.74 Å². The van der Waals surface area contributed by atoms with Gasteiger partial charge in [-0.15, -0.1) is 0 Å². The first-order chi connectivity index (χ1) is 10.4. The molecular weight excluding hydrogens is 282 g/mol. The predicted molar refractivity (Wildman–Crippen MR) is 82.9 cm³/mol. The van der Waals surface area contributed by atoms with Crippen LogP contribution in [0.15, 0.2) is 18.2 Å². The molecule has 5 heteroatoms. The maximum absolute atomic E-state index is 12.1. The number of carbonyl (C=O) groups is 2. The number of nitrogens with zero attached hydrogens (tertiary/aromatic N) is 1. The van der Waals surface area contributed by atoms with Crippen LogP contribution in [0.4, 0.5) is 0 Å². The van der Waals surface area contributed by atoms with E-state index in [0.717, 1.165) is 11.3 Å². The van der Waals surface area contributed by atoms with Crippen molar-refractivity contribution in [3.63, 3.8) is 0 Å². The lowest BCUT2D eigenvalue weighted by atomic mass is 9.99. The van der Waals surface area contributed by atoms with Crippen molar-refractivity contribution in [1.29, 1.82) is 0 Å². The molecule has 1 fully saturated rings. The number of amides is 1. The second-order valence-corrected chi connectivity index (χ2v) is 6.09. The molecule has 2 atom stereocenters. The van der Waals surface area contributed by atoms with Crippen molar-refractivity contribution in [2.24, 2.45) is 11.8 Å². The zero-order chi connectivity index (χ0) is 16.3. The lowest BCUT2D eigenvalue weighted by molar-refractivity contribution is -0.142. The fraction of sp³-hybridized carbons (Fsp3) is 0.529. The van der Waals surface area contributed by atoms with Gasteiger partial charge in [-0.2, -0.15) is 0 Å². The largest absolute Gasteiger partial charge is 0.493 e. The molecule has 0 aliphatic carbocycles. The SMILES string of the molecule is Cc1ccc(OCCC(=O)N2C[C@@H](C)[C@H](C(=O)O)C2)c(C)c1. The summed E-state index contributed by atoms with van der Waals surface area (Å²) in [7, 11) is 0. The van der Waals surface area contributed by atoms with E-state index in [0.29, 0.717) is 19.7 Å². The van der Waals surface area contributed by atoms with Crippen LogP contribution in [-0.2, 0) is 9.59 Å². The number of ether oxygens (including phenoxy) is 1. The molecule has 22 heavy (non-hydrogen) atoms. The van der Waals surface area contributed by atoms with E-state index < -0.39 is 11.9 Å². The Morgan fingerprint density at radius 1 is 1.32 bits per heavy atom. The zero-order valence-electron chi connectivity index (χ0n) is 13.3. The van der Waals surface area contributed by atoms with Gasteiger partial charge >= 0.3 is 5.97 Å². The molecule has 0 saturated carbocycles. The molecule has 0 spiro atoms. The van der Waals surface area contributed by atoms with Gasteiger partial charge in [0.05, 0.1) is 18.9 Å². The van der Waals surface area contributed by atoms with Crippen LogP contribution in [0.1, 0.15) is 24.5 Å². The molecule has 1 aromatic carbocycles. The summed E-state index contributed by atoms with van der Waals surface area (Å²) >= 11 is 0. The number of aryl methyl sites for hydroxylation is 2. The normalized spacial score (nSPS) is 21.0. The number of carbonyl (C=O) groups excluding carboxylic acids is 1. The molecule has 1 aromatic rings. The molecule has 1 saturated heterocycles. The maximum atomic E-state index is 12.1. The van der Waals surface area contributed by atoms with Crippen LogP contribution in [0.2, 0.25) is 0 Å². The van der Waals surface area contributed by atoms with Gasteiger partial charge in [-0.1, -0.05) is 24.6 Å². The van der Waals surface area contributed by atoms with E-state index in [4.69, 9.17) is 9.84 Å². The van der Waals surface area contributed by atoms with Gasteiger partial charge in [0.25, 0.3) is 0 Å². The highest BCUT2D eigenvalue weighted by Crippen LogP contribution is 2.24. The lowest BCUT2D eigenvalue weighted by Gasteiger charge is -2.16. The van der Waals surface area contributed by atoms with Gasteiger partial charge in [-0.05, 0) is 31.4 Å². The Morgan fingerprint density at radius 3 is 2.64 bits per heavy atom. The highest BCUT2D eigenvalue weighted by Gasteiger charge is 2.36. The van der Waals surface area contributed by atoms with Crippen LogP contribution >= 0.6 is 0 Å². The van der Waals surface area contributed by atoms with Crippen LogP contribution in [0.5, 0.6) is 5.75 Å². The van der Waals surface area contributed by atoms with Gasteiger partial charge in [-0.3, -0.25) is 9.59 Å². The quantitative estimate of drug-likeness (QED) is 0.906. The molecule has 1 N–H and O–H groups in total. The molecule has 1 amide bonds. The Bertz CT molecular complexity index is 570. The number of aliphatic carboxylic acids is 1. The smallest absolute Gasteiger partial charge is 0.308 e. The number of likely N-dealkylation sites (tertiary alicyclic amines) is 1. The molecule has 0 unspecified atom stereocenters. The van der Waals surface area contributed by atoms with Crippen LogP contribution in [0, 0.1) is 25.7 Å². The molecule has 0 aromatic heterocycles. The summed E-state index contributed by atoms with van der Waals surface area (Å²) in [5, 5.41) is 9.10. The summed E-state index contributed by atoms with van der Waals surface area (Å²) in [4.78, 5) is 24.9. The first kappa shape index (κ1) is 16.3. The molecule has 120 valence electrons. The summed E-state index contributed by atoms with van der Waals surface area (Å²) < 4.78 is 5.66. The van der Waals surface area contributed by atoms with Crippen LogP contribution in [0.25, 0.3) is 0 Å². The number of benzene rings is 1. The third-order valence-corrected chi connectivity index (χ3v) is 4.19. The molecule has 1 aliphatic rings. The third-order valence-electron chi connectivity index (χ3n) is 4.19. The second kappa shape index (κ2) is 6.81. The lowest BCUT2D eigenvalue weighted by Crippen LogP contribution is -2.30. The Kier molecular flexibility index (Phi) is 5.06. The van der Waals surface area contributed by atoms with E-state index in [1.807, 2.05) is 39.0 Å². The Labute approximate surface area is 130 Å². The summed E-state index contributed by atoms with van der Waals surface area (Å²) in [6.45, 7) is 7.00. The summed E-state index contributed by atoms with van der Waals surface area (Å²) in [6.07, 6.45) is 0.270. The van der Waals surface area contributed by atoms with E-state index in [1.165, 1.54) is 5.56 Å². The fourth-order valence-electron chi connectivity index (χ4n) is 2.86. The van der Waals surface area contributed by atoms with E-state index in [-0.39, 0.29) is 18.2 Å². The molecule has 1 aliphatic heterocycles. The molecule has 0 radical (unpaired) electrons.